The lowest BCUT2D eigenvalue weighted by atomic mass is 10.0. The van der Waals surface area contributed by atoms with E-state index in [0.29, 0.717) is 13.0 Å². The monoisotopic (exact) mass is 367 g/mol. The lowest BCUT2D eigenvalue weighted by Gasteiger charge is -2.41. The topological polar surface area (TPSA) is 66.1 Å². The number of nitriles is 1. The molecule has 0 bridgehead atoms. The van der Waals surface area contributed by atoms with Crippen LogP contribution in [0.5, 0.6) is 0 Å². The van der Waals surface area contributed by atoms with E-state index in [2.05, 4.69) is 48.5 Å². The average molecular weight is 367 g/mol. The van der Waals surface area contributed by atoms with Crippen LogP contribution in [-0.4, -0.2) is 53.1 Å². The van der Waals surface area contributed by atoms with Crippen molar-refractivity contribution in [1.29, 1.82) is 5.26 Å². The lowest BCUT2D eigenvalue weighted by molar-refractivity contribution is -0.00966. The van der Waals surface area contributed by atoms with Gasteiger partial charge in [-0.3, -0.25) is 9.58 Å². The number of nitrogens with zero attached hydrogens (tertiary/aromatic N) is 4. The van der Waals surface area contributed by atoms with Crippen LogP contribution in [0.4, 0.5) is 0 Å². The van der Waals surface area contributed by atoms with Gasteiger partial charge in [-0.2, -0.15) is 10.4 Å². The zero-order valence-electron chi connectivity index (χ0n) is 16.3. The molecular formula is C21H29N5O. The normalized spacial score (nSPS) is 15.6. The molecule has 0 aliphatic carbocycles. The first-order valence-electron chi connectivity index (χ1n) is 9.62. The molecule has 27 heavy (non-hydrogen) atoms. The van der Waals surface area contributed by atoms with E-state index in [9.17, 15) is 0 Å². The van der Waals surface area contributed by atoms with Crippen molar-refractivity contribution >= 4 is 0 Å². The fourth-order valence-corrected chi connectivity index (χ4v) is 3.49. The number of ether oxygens (including phenoxy) is 1. The molecule has 144 valence electrons. The van der Waals surface area contributed by atoms with Gasteiger partial charge < -0.3 is 10.1 Å². The molecular weight excluding hydrogens is 338 g/mol. The highest BCUT2D eigenvalue weighted by Crippen LogP contribution is 2.22. The molecule has 3 rings (SSSR count). The van der Waals surface area contributed by atoms with Crippen molar-refractivity contribution in [3.63, 3.8) is 0 Å². The zero-order chi connectivity index (χ0) is 19.1. The second kappa shape index (κ2) is 9.14. The maximum atomic E-state index is 8.86. The third kappa shape index (κ3) is 5.16. The number of aromatic nitrogens is 2. The standard InChI is InChI=1S/C21H29N5O/c1-21(2,25-11-13-27-14-12-25)17-23-15-19-16-26(10-6-9-22)24-20(19)18-7-4-3-5-8-18/h3-5,7-8,16,23H,6,10-15,17H2,1-2H3. The predicted molar refractivity (Wildman–Crippen MR) is 106 cm³/mol. The van der Waals surface area contributed by atoms with Crippen molar-refractivity contribution in [1.82, 2.24) is 20.0 Å². The summed E-state index contributed by atoms with van der Waals surface area (Å²) in [5.74, 6) is 0. The van der Waals surface area contributed by atoms with Crippen molar-refractivity contribution in [3.8, 4) is 17.3 Å². The van der Waals surface area contributed by atoms with Gasteiger partial charge in [-0.25, -0.2) is 0 Å². The van der Waals surface area contributed by atoms with Gasteiger partial charge >= 0.3 is 0 Å². The number of hydrogen-bond donors (Lipinski definition) is 1. The van der Waals surface area contributed by atoms with Crippen molar-refractivity contribution in [3.05, 3.63) is 42.1 Å². The third-order valence-corrected chi connectivity index (χ3v) is 5.08. The first-order valence-corrected chi connectivity index (χ1v) is 9.62. The molecule has 0 saturated carbocycles. The molecule has 1 N–H and O–H groups in total. The van der Waals surface area contributed by atoms with Gasteiger partial charge in [0.2, 0.25) is 0 Å². The summed E-state index contributed by atoms with van der Waals surface area (Å²) >= 11 is 0. The molecule has 6 nitrogen and oxygen atoms in total. The summed E-state index contributed by atoms with van der Waals surface area (Å²) in [4.78, 5) is 2.48. The van der Waals surface area contributed by atoms with Gasteiger partial charge in [-0.15, -0.1) is 0 Å². The Morgan fingerprint density at radius 1 is 1.22 bits per heavy atom. The minimum absolute atomic E-state index is 0.0769. The molecule has 0 amide bonds. The number of aryl methyl sites for hydroxylation is 1. The molecule has 0 radical (unpaired) electrons. The van der Waals surface area contributed by atoms with E-state index in [1.54, 1.807) is 0 Å². The van der Waals surface area contributed by atoms with Crippen LogP contribution in [0.2, 0.25) is 0 Å². The molecule has 1 aromatic heterocycles. The minimum atomic E-state index is 0.0769. The Labute approximate surface area is 161 Å². The minimum Gasteiger partial charge on any atom is -0.379 e. The van der Waals surface area contributed by atoms with Crippen LogP contribution >= 0.6 is 0 Å². The molecule has 1 aliphatic rings. The Morgan fingerprint density at radius 2 is 1.96 bits per heavy atom. The van der Waals surface area contributed by atoms with E-state index in [-0.39, 0.29) is 5.54 Å². The zero-order valence-corrected chi connectivity index (χ0v) is 16.3. The van der Waals surface area contributed by atoms with Gasteiger partial charge in [0.05, 0.1) is 37.9 Å². The van der Waals surface area contributed by atoms with Gasteiger partial charge in [-0.05, 0) is 13.8 Å². The molecule has 1 saturated heterocycles. The van der Waals surface area contributed by atoms with E-state index >= 15 is 0 Å². The molecule has 1 aromatic carbocycles. The van der Waals surface area contributed by atoms with E-state index in [1.165, 1.54) is 0 Å². The summed E-state index contributed by atoms with van der Waals surface area (Å²) in [6.07, 6.45) is 2.53. The molecule has 2 heterocycles. The number of morpholine rings is 1. The van der Waals surface area contributed by atoms with Crippen molar-refractivity contribution in [2.24, 2.45) is 0 Å². The molecule has 0 atom stereocenters. The Bertz CT molecular complexity index is 757. The highest BCUT2D eigenvalue weighted by atomic mass is 16.5. The second-order valence-corrected chi connectivity index (χ2v) is 7.56. The first-order chi connectivity index (χ1) is 13.1. The average Bonchev–Trinajstić information content (AvgIpc) is 3.10. The predicted octanol–water partition coefficient (Wildman–Crippen LogP) is 2.66. The van der Waals surface area contributed by atoms with E-state index in [0.717, 1.165) is 56.2 Å². The Kier molecular flexibility index (Phi) is 6.62. The number of benzene rings is 1. The van der Waals surface area contributed by atoms with Crippen LogP contribution in [0.1, 0.15) is 25.8 Å². The Morgan fingerprint density at radius 3 is 2.67 bits per heavy atom. The molecule has 1 aliphatic heterocycles. The van der Waals surface area contributed by atoms with Gasteiger partial charge in [0.1, 0.15) is 0 Å². The fourth-order valence-electron chi connectivity index (χ4n) is 3.49. The summed E-state index contributed by atoms with van der Waals surface area (Å²) in [5.41, 5.74) is 3.34. The largest absolute Gasteiger partial charge is 0.379 e. The van der Waals surface area contributed by atoms with Gasteiger partial charge in [0.25, 0.3) is 0 Å². The number of hydrogen-bond acceptors (Lipinski definition) is 5. The first kappa shape index (κ1) is 19.6. The fraction of sp³-hybridized carbons (Fsp3) is 0.524. The highest BCUT2D eigenvalue weighted by molar-refractivity contribution is 5.62. The summed E-state index contributed by atoms with van der Waals surface area (Å²) in [6, 6.07) is 12.4. The molecule has 6 heteroatoms. The van der Waals surface area contributed by atoms with Crippen LogP contribution in [-0.2, 0) is 17.8 Å². The van der Waals surface area contributed by atoms with Gasteiger partial charge in [0.15, 0.2) is 0 Å². The number of nitrogens with one attached hydrogen (secondary N) is 1. The van der Waals surface area contributed by atoms with E-state index in [4.69, 9.17) is 15.1 Å². The van der Waals surface area contributed by atoms with E-state index in [1.807, 2.05) is 22.9 Å². The van der Waals surface area contributed by atoms with Crippen LogP contribution in [0.15, 0.2) is 36.5 Å². The quantitative estimate of drug-likeness (QED) is 0.777. The van der Waals surface area contributed by atoms with Crippen molar-refractivity contribution in [2.75, 3.05) is 32.8 Å². The van der Waals surface area contributed by atoms with Crippen LogP contribution < -0.4 is 5.32 Å². The van der Waals surface area contributed by atoms with Crippen LogP contribution in [0, 0.1) is 11.3 Å². The summed E-state index contributed by atoms with van der Waals surface area (Å²) in [5, 5.41) is 17.2. The number of rotatable bonds is 8. The van der Waals surface area contributed by atoms with Crippen LogP contribution in [0.25, 0.3) is 11.3 Å². The van der Waals surface area contributed by atoms with Crippen LogP contribution in [0.3, 0.4) is 0 Å². The molecule has 1 fully saturated rings. The maximum Gasteiger partial charge on any atom is 0.0968 e. The van der Waals surface area contributed by atoms with Crippen molar-refractivity contribution in [2.45, 2.75) is 38.9 Å². The summed E-state index contributed by atoms with van der Waals surface area (Å²) in [6.45, 7) is 10.4. The molecule has 0 spiro atoms. The SMILES string of the molecule is CC(C)(CNCc1cn(CCC#N)nc1-c1ccccc1)N1CCOCC1. The van der Waals surface area contributed by atoms with E-state index < -0.39 is 0 Å². The third-order valence-electron chi connectivity index (χ3n) is 5.08. The smallest absolute Gasteiger partial charge is 0.0968 e. The second-order valence-electron chi connectivity index (χ2n) is 7.56. The van der Waals surface area contributed by atoms with Gasteiger partial charge in [-0.1, -0.05) is 30.3 Å². The van der Waals surface area contributed by atoms with Crippen molar-refractivity contribution < 1.29 is 4.74 Å². The lowest BCUT2D eigenvalue weighted by Crippen LogP contribution is -2.54. The highest BCUT2D eigenvalue weighted by Gasteiger charge is 2.27. The Balaban J connectivity index is 1.68. The summed E-state index contributed by atoms with van der Waals surface area (Å²) in [7, 11) is 0. The maximum absolute atomic E-state index is 8.86. The van der Waals surface area contributed by atoms with Gasteiger partial charge in [0, 0.05) is 49.0 Å². The summed E-state index contributed by atoms with van der Waals surface area (Å²) < 4.78 is 7.36. The Hall–Kier alpha value is -2.20. The molecule has 0 unspecified atom stereocenters. The molecule has 2 aromatic rings.